The van der Waals surface area contributed by atoms with Crippen molar-refractivity contribution in [3.8, 4) is 0 Å². The Morgan fingerprint density at radius 2 is 2.00 bits per heavy atom. The van der Waals surface area contributed by atoms with Gasteiger partial charge in [0.2, 0.25) is 11.8 Å². The molecule has 0 aliphatic carbocycles. The first kappa shape index (κ1) is 18.7. The first-order chi connectivity index (χ1) is 12.3. The molecule has 1 unspecified atom stereocenters. The van der Waals surface area contributed by atoms with Crippen molar-refractivity contribution >= 4 is 35.0 Å². The fourth-order valence-electron chi connectivity index (χ4n) is 4.09. The summed E-state index contributed by atoms with van der Waals surface area (Å²) in [5.74, 6) is -0.104. The molecule has 3 rings (SSSR count). The molecule has 7 heteroatoms. The third kappa shape index (κ3) is 3.85. The van der Waals surface area contributed by atoms with E-state index in [4.69, 9.17) is 11.6 Å². The van der Waals surface area contributed by atoms with Crippen molar-refractivity contribution in [2.24, 2.45) is 5.41 Å². The Balaban J connectivity index is 1.75. The van der Waals surface area contributed by atoms with Crippen molar-refractivity contribution in [1.29, 1.82) is 0 Å². The van der Waals surface area contributed by atoms with Crippen molar-refractivity contribution < 1.29 is 14.4 Å². The molecule has 0 bridgehead atoms. The van der Waals surface area contributed by atoms with E-state index in [-0.39, 0.29) is 23.1 Å². The maximum absolute atomic E-state index is 13.0. The van der Waals surface area contributed by atoms with Gasteiger partial charge in [-0.1, -0.05) is 11.6 Å². The number of anilines is 1. The highest BCUT2D eigenvalue weighted by atomic mass is 35.5. The molecule has 6 nitrogen and oxygen atoms in total. The van der Waals surface area contributed by atoms with E-state index in [9.17, 15) is 14.4 Å². The summed E-state index contributed by atoms with van der Waals surface area (Å²) in [6.07, 6.45) is 3.33. The molecule has 140 valence electrons. The van der Waals surface area contributed by atoms with E-state index >= 15 is 0 Å². The molecule has 2 aliphatic heterocycles. The van der Waals surface area contributed by atoms with E-state index in [2.05, 4.69) is 5.32 Å². The van der Waals surface area contributed by atoms with Crippen LogP contribution in [0.1, 0.15) is 43.0 Å². The Morgan fingerprint density at radius 1 is 1.23 bits per heavy atom. The number of likely N-dealkylation sites (tertiary alicyclic amines) is 2. The van der Waals surface area contributed by atoms with Crippen molar-refractivity contribution in [2.45, 2.75) is 32.6 Å². The van der Waals surface area contributed by atoms with Crippen LogP contribution in [-0.4, -0.2) is 54.2 Å². The Kier molecular flexibility index (Phi) is 5.23. The van der Waals surface area contributed by atoms with Gasteiger partial charge in [0.05, 0.1) is 10.6 Å². The summed E-state index contributed by atoms with van der Waals surface area (Å²) in [6, 6.07) is 4.95. The van der Waals surface area contributed by atoms with E-state index in [0.717, 1.165) is 19.3 Å². The molecule has 2 saturated heterocycles. The van der Waals surface area contributed by atoms with Gasteiger partial charge in [0.1, 0.15) is 0 Å². The SMILES string of the molecule is CC(=O)Nc1ccc(C(=O)N2CCCC3(CCC(=O)N(C)C3)C2)c(Cl)c1. The van der Waals surface area contributed by atoms with E-state index in [1.807, 2.05) is 11.9 Å². The summed E-state index contributed by atoms with van der Waals surface area (Å²) >= 11 is 6.29. The number of hydrogen-bond donors (Lipinski definition) is 1. The summed E-state index contributed by atoms with van der Waals surface area (Å²) in [4.78, 5) is 39.6. The molecular weight excluding hydrogens is 354 g/mol. The average molecular weight is 378 g/mol. The number of hydrogen-bond acceptors (Lipinski definition) is 3. The lowest BCUT2D eigenvalue weighted by Gasteiger charge is -2.47. The van der Waals surface area contributed by atoms with Gasteiger partial charge in [0.25, 0.3) is 5.91 Å². The molecule has 26 heavy (non-hydrogen) atoms. The lowest BCUT2D eigenvalue weighted by Crippen LogP contribution is -2.54. The van der Waals surface area contributed by atoms with Crippen molar-refractivity contribution in [1.82, 2.24) is 9.80 Å². The van der Waals surface area contributed by atoms with Gasteiger partial charge in [-0.3, -0.25) is 14.4 Å². The number of benzene rings is 1. The summed E-state index contributed by atoms with van der Waals surface area (Å²) in [5, 5.41) is 2.99. The third-order valence-corrected chi connectivity index (χ3v) is 5.65. The van der Waals surface area contributed by atoms with Gasteiger partial charge in [-0.15, -0.1) is 0 Å². The number of amides is 3. The molecule has 0 radical (unpaired) electrons. The largest absolute Gasteiger partial charge is 0.345 e. The first-order valence-corrected chi connectivity index (χ1v) is 9.28. The highest BCUT2D eigenvalue weighted by Crippen LogP contribution is 2.39. The van der Waals surface area contributed by atoms with Crippen molar-refractivity contribution in [3.63, 3.8) is 0 Å². The van der Waals surface area contributed by atoms with Crippen LogP contribution in [-0.2, 0) is 9.59 Å². The number of nitrogens with zero attached hydrogens (tertiary/aromatic N) is 2. The minimum Gasteiger partial charge on any atom is -0.345 e. The number of nitrogens with one attached hydrogen (secondary N) is 1. The molecule has 3 amide bonds. The topological polar surface area (TPSA) is 69.7 Å². The molecule has 1 atom stereocenters. The molecule has 1 aromatic rings. The minimum atomic E-state index is -0.186. The molecule has 2 heterocycles. The summed E-state index contributed by atoms with van der Waals surface area (Å²) in [7, 11) is 1.83. The zero-order valence-corrected chi connectivity index (χ0v) is 15.9. The second-order valence-corrected chi connectivity index (χ2v) is 7.86. The van der Waals surface area contributed by atoms with Gasteiger partial charge < -0.3 is 15.1 Å². The number of carbonyl (C=O) groups excluding carboxylic acids is 3. The zero-order chi connectivity index (χ0) is 18.9. The van der Waals surface area contributed by atoms with E-state index in [1.165, 1.54) is 6.92 Å². The predicted octanol–water partition coefficient (Wildman–Crippen LogP) is 2.77. The monoisotopic (exact) mass is 377 g/mol. The van der Waals surface area contributed by atoms with Gasteiger partial charge in [0, 0.05) is 51.1 Å². The molecule has 2 fully saturated rings. The second-order valence-electron chi connectivity index (χ2n) is 7.46. The van der Waals surface area contributed by atoms with E-state index in [0.29, 0.717) is 42.3 Å². The Hall–Kier alpha value is -2.08. The van der Waals surface area contributed by atoms with Crippen LogP contribution >= 0.6 is 11.6 Å². The normalized spacial score (nSPS) is 23.3. The fraction of sp³-hybridized carbons (Fsp3) is 0.526. The highest BCUT2D eigenvalue weighted by molar-refractivity contribution is 6.34. The number of rotatable bonds is 2. The predicted molar refractivity (Wildman–Crippen MR) is 100 cm³/mol. The number of halogens is 1. The molecular formula is C19H24ClN3O3. The summed E-state index contributed by atoms with van der Waals surface area (Å²) in [5.41, 5.74) is 0.999. The van der Waals surface area contributed by atoms with Crippen LogP contribution in [0.3, 0.4) is 0 Å². The lowest BCUT2D eigenvalue weighted by molar-refractivity contribution is -0.137. The number of carbonyl (C=O) groups is 3. The van der Waals surface area contributed by atoms with Gasteiger partial charge in [-0.25, -0.2) is 0 Å². The zero-order valence-electron chi connectivity index (χ0n) is 15.2. The fourth-order valence-corrected chi connectivity index (χ4v) is 4.35. The average Bonchev–Trinajstić information content (AvgIpc) is 2.58. The van der Waals surface area contributed by atoms with Crippen LogP contribution in [0.2, 0.25) is 5.02 Å². The lowest BCUT2D eigenvalue weighted by atomic mass is 9.73. The van der Waals surface area contributed by atoms with Crippen molar-refractivity contribution in [3.05, 3.63) is 28.8 Å². The van der Waals surface area contributed by atoms with Gasteiger partial charge >= 0.3 is 0 Å². The molecule has 1 spiro atoms. The van der Waals surface area contributed by atoms with Crippen LogP contribution < -0.4 is 5.32 Å². The van der Waals surface area contributed by atoms with Crippen LogP contribution in [0.4, 0.5) is 5.69 Å². The number of piperidine rings is 2. The second kappa shape index (κ2) is 7.27. The quantitative estimate of drug-likeness (QED) is 0.861. The first-order valence-electron chi connectivity index (χ1n) is 8.90. The smallest absolute Gasteiger partial charge is 0.255 e. The van der Waals surface area contributed by atoms with Crippen LogP contribution in [0.25, 0.3) is 0 Å². The molecule has 1 N–H and O–H groups in total. The van der Waals surface area contributed by atoms with Gasteiger partial charge in [0.15, 0.2) is 0 Å². The van der Waals surface area contributed by atoms with E-state index < -0.39 is 0 Å². The maximum Gasteiger partial charge on any atom is 0.255 e. The Bertz CT molecular complexity index is 752. The van der Waals surface area contributed by atoms with Gasteiger partial charge in [-0.05, 0) is 37.5 Å². The molecule has 2 aliphatic rings. The maximum atomic E-state index is 13.0. The minimum absolute atomic E-state index is 0.0147. The molecule has 1 aromatic carbocycles. The third-order valence-electron chi connectivity index (χ3n) is 5.34. The molecule has 0 saturated carbocycles. The van der Waals surface area contributed by atoms with Crippen LogP contribution in [0.15, 0.2) is 18.2 Å². The highest BCUT2D eigenvalue weighted by Gasteiger charge is 2.42. The van der Waals surface area contributed by atoms with Gasteiger partial charge in [-0.2, -0.15) is 0 Å². The van der Waals surface area contributed by atoms with E-state index in [1.54, 1.807) is 23.1 Å². The standard InChI is InChI=1S/C19H24ClN3O3/c1-13(24)21-14-4-5-15(16(20)10-14)18(26)23-9-3-7-19(12-23)8-6-17(25)22(2)11-19/h4-5,10H,3,6-9,11-12H2,1-2H3,(H,21,24). The molecule has 0 aromatic heterocycles. The summed E-state index contributed by atoms with van der Waals surface area (Å²) < 4.78 is 0. The van der Waals surface area contributed by atoms with Crippen LogP contribution in [0.5, 0.6) is 0 Å². The summed E-state index contributed by atoms with van der Waals surface area (Å²) in [6.45, 7) is 3.46. The Morgan fingerprint density at radius 3 is 2.65 bits per heavy atom. The van der Waals surface area contributed by atoms with Crippen LogP contribution in [0, 0.1) is 5.41 Å². The van der Waals surface area contributed by atoms with Crippen molar-refractivity contribution in [2.75, 3.05) is 32.0 Å². The Labute approximate surface area is 158 Å².